The van der Waals surface area contributed by atoms with Gasteiger partial charge in [-0.25, -0.2) is 4.98 Å². The van der Waals surface area contributed by atoms with Gasteiger partial charge in [0.1, 0.15) is 11.9 Å². The van der Waals surface area contributed by atoms with Gasteiger partial charge in [0.15, 0.2) is 0 Å². The van der Waals surface area contributed by atoms with Gasteiger partial charge in [0.2, 0.25) is 0 Å². The number of nitrogens with zero attached hydrogens (tertiary/aromatic N) is 4. The molecule has 136 valence electrons. The van der Waals surface area contributed by atoms with Crippen molar-refractivity contribution >= 4 is 23.3 Å². The lowest BCUT2D eigenvalue weighted by molar-refractivity contribution is -0.140. The van der Waals surface area contributed by atoms with Gasteiger partial charge >= 0.3 is 5.97 Å². The number of rotatable bonds is 4. The molecule has 0 amide bonds. The van der Waals surface area contributed by atoms with E-state index < -0.39 is 0 Å². The minimum absolute atomic E-state index is 0.254. The van der Waals surface area contributed by atoms with E-state index in [2.05, 4.69) is 9.97 Å². The van der Waals surface area contributed by atoms with E-state index in [1.807, 2.05) is 47.2 Å². The van der Waals surface area contributed by atoms with Crippen LogP contribution in [0.3, 0.4) is 0 Å². The van der Waals surface area contributed by atoms with Crippen LogP contribution in [0, 0.1) is 0 Å². The molecule has 1 aromatic carbocycles. The lowest BCUT2D eigenvalue weighted by atomic mass is 10.0. The molecule has 0 fully saturated rings. The summed E-state index contributed by atoms with van der Waals surface area (Å²) in [6.45, 7) is 0. The summed E-state index contributed by atoms with van der Waals surface area (Å²) < 4.78 is 6.78. The van der Waals surface area contributed by atoms with Crippen LogP contribution >= 0.6 is 11.6 Å². The molecule has 2 aromatic heterocycles. The molecule has 0 bridgehead atoms. The summed E-state index contributed by atoms with van der Waals surface area (Å²) in [5.74, 6) is 0.501. The summed E-state index contributed by atoms with van der Waals surface area (Å²) in [6, 6.07) is 11.1. The minimum atomic E-state index is -0.303. The molecule has 0 N–H and O–H groups in total. The molecule has 0 saturated heterocycles. The Balaban J connectivity index is 1.89. The smallest absolute Gasteiger partial charge is 0.305 e. The Morgan fingerprint density at radius 2 is 2.11 bits per heavy atom. The number of fused-ring (bicyclic) bond motifs is 3. The summed E-state index contributed by atoms with van der Waals surface area (Å²) in [6.07, 6.45) is 6.10. The molecule has 6 nitrogen and oxygen atoms in total. The fourth-order valence-corrected chi connectivity index (χ4v) is 3.39. The lowest BCUT2D eigenvalue weighted by Gasteiger charge is -2.12. The first-order valence-corrected chi connectivity index (χ1v) is 8.94. The van der Waals surface area contributed by atoms with E-state index in [4.69, 9.17) is 21.3 Å². The van der Waals surface area contributed by atoms with E-state index >= 15 is 0 Å². The molecule has 1 aliphatic rings. The van der Waals surface area contributed by atoms with Gasteiger partial charge in [0.25, 0.3) is 0 Å². The third-order valence-corrected chi connectivity index (χ3v) is 4.72. The predicted octanol–water partition coefficient (Wildman–Crippen LogP) is 3.77. The Hall–Kier alpha value is -2.99. The van der Waals surface area contributed by atoms with Crippen molar-refractivity contribution in [1.29, 1.82) is 0 Å². The molecule has 0 unspecified atom stereocenters. The zero-order valence-corrected chi connectivity index (χ0v) is 15.4. The zero-order chi connectivity index (χ0) is 18.8. The number of aromatic nitrogens is 3. The molecule has 27 heavy (non-hydrogen) atoms. The number of ether oxygens (including phenoxy) is 1. The molecule has 1 atom stereocenters. The van der Waals surface area contributed by atoms with Gasteiger partial charge in [-0.1, -0.05) is 17.7 Å². The molecule has 4 rings (SSSR count). The van der Waals surface area contributed by atoms with Crippen LogP contribution in [-0.2, 0) is 9.53 Å². The van der Waals surface area contributed by atoms with Crippen LogP contribution in [0.15, 0.2) is 60.0 Å². The molecule has 0 saturated carbocycles. The van der Waals surface area contributed by atoms with Crippen LogP contribution in [-0.4, -0.2) is 33.3 Å². The standard InChI is InChI=1S/C20H17ClN4O2/c1-27-18(26)8-6-16-20-23-10-11-25(20)17-7-5-13(21)12-14(17)19(24-16)15-4-2-3-9-22-15/h2-5,7,9-12,16H,6,8H2,1H3/t16-/m0/s1. The van der Waals surface area contributed by atoms with Crippen LogP contribution in [0.1, 0.15) is 36.0 Å². The Kier molecular flexibility index (Phi) is 4.73. The Morgan fingerprint density at radius 3 is 2.89 bits per heavy atom. The van der Waals surface area contributed by atoms with Crippen molar-refractivity contribution in [2.45, 2.75) is 18.9 Å². The van der Waals surface area contributed by atoms with E-state index in [1.165, 1.54) is 7.11 Å². The molecular weight excluding hydrogens is 364 g/mol. The van der Waals surface area contributed by atoms with Crippen LogP contribution in [0.25, 0.3) is 5.69 Å². The molecule has 1 aliphatic heterocycles. The normalized spacial score (nSPS) is 15.3. The van der Waals surface area contributed by atoms with Gasteiger partial charge in [0, 0.05) is 35.6 Å². The number of benzene rings is 1. The summed E-state index contributed by atoms with van der Waals surface area (Å²) in [7, 11) is 1.39. The van der Waals surface area contributed by atoms with E-state index in [1.54, 1.807) is 12.4 Å². The Labute approximate surface area is 161 Å². The van der Waals surface area contributed by atoms with E-state index in [0.29, 0.717) is 11.4 Å². The van der Waals surface area contributed by atoms with Crippen molar-refractivity contribution in [1.82, 2.24) is 14.5 Å². The highest BCUT2D eigenvalue weighted by molar-refractivity contribution is 6.31. The van der Waals surface area contributed by atoms with Crippen molar-refractivity contribution in [2.75, 3.05) is 7.11 Å². The van der Waals surface area contributed by atoms with E-state index in [9.17, 15) is 4.79 Å². The average molecular weight is 381 g/mol. The van der Waals surface area contributed by atoms with Crippen LogP contribution in [0.5, 0.6) is 0 Å². The fourth-order valence-electron chi connectivity index (χ4n) is 3.21. The van der Waals surface area contributed by atoms with Gasteiger partial charge in [0.05, 0.1) is 24.2 Å². The highest BCUT2D eigenvalue weighted by Gasteiger charge is 2.26. The minimum Gasteiger partial charge on any atom is -0.469 e. The first kappa shape index (κ1) is 17.4. The number of methoxy groups -OCH3 is 1. The van der Waals surface area contributed by atoms with Crippen molar-refractivity contribution < 1.29 is 9.53 Å². The number of pyridine rings is 1. The molecule has 0 aliphatic carbocycles. The number of carbonyl (C=O) groups is 1. The largest absolute Gasteiger partial charge is 0.469 e. The maximum absolute atomic E-state index is 11.7. The molecular formula is C20H17ClN4O2. The van der Waals surface area contributed by atoms with E-state index in [0.717, 1.165) is 28.5 Å². The first-order chi connectivity index (χ1) is 13.2. The van der Waals surface area contributed by atoms with Crippen LogP contribution < -0.4 is 0 Å². The first-order valence-electron chi connectivity index (χ1n) is 8.57. The lowest BCUT2D eigenvalue weighted by Crippen LogP contribution is -2.09. The second-order valence-corrected chi connectivity index (χ2v) is 6.58. The third-order valence-electron chi connectivity index (χ3n) is 4.48. The monoisotopic (exact) mass is 380 g/mol. The number of imidazole rings is 1. The number of carbonyl (C=O) groups excluding carboxylic acids is 1. The van der Waals surface area contributed by atoms with Gasteiger partial charge in [-0.05, 0) is 36.8 Å². The average Bonchev–Trinajstić information content (AvgIpc) is 3.13. The SMILES string of the molecule is COC(=O)CC[C@@H]1N=C(c2ccccn2)c2cc(Cl)ccc2-n2ccnc21. The summed E-state index contributed by atoms with van der Waals surface area (Å²) >= 11 is 6.28. The van der Waals surface area contributed by atoms with Crippen molar-refractivity contribution in [2.24, 2.45) is 4.99 Å². The van der Waals surface area contributed by atoms with Crippen molar-refractivity contribution in [3.05, 3.63) is 77.1 Å². The Bertz CT molecular complexity index is 1010. The third kappa shape index (κ3) is 3.36. The number of aliphatic imine (C=N–C) groups is 1. The van der Waals surface area contributed by atoms with Gasteiger partial charge < -0.3 is 9.30 Å². The molecule has 3 aromatic rings. The number of hydrogen-bond donors (Lipinski definition) is 0. The van der Waals surface area contributed by atoms with Gasteiger partial charge in [-0.2, -0.15) is 0 Å². The fraction of sp³-hybridized carbons (Fsp3) is 0.200. The van der Waals surface area contributed by atoms with Gasteiger partial charge in [-0.3, -0.25) is 14.8 Å². The van der Waals surface area contributed by atoms with Gasteiger partial charge in [-0.15, -0.1) is 0 Å². The van der Waals surface area contributed by atoms with E-state index in [-0.39, 0.29) is 18.4 Å². The summed E-state index contributed by atoms with van der Waals surface area (Å²) in [5, 5.41) is 0.618. The highest BCUT2D eigenvalue weighted by atomic mass is 35.5. The zero-order valence-electron chi connectivity index (χ0n) is 14.7. The van der Waals surface area contributed by atoms with Crippen molar-refractivity contribution in [3.8, 4) is 5.69 Å². The quantitative estimate of drug-likeness (QED) is 0.646. The van der Waals surface area contributed by atoms with Crippen LogP contribution in [0.4, 0.5) is 0 Å². The van der Waals surface area contributed by atoms with Crippen molar-refractivity contribution in [3.63, 3.8) is 0 Å². The second kappa shape index (κ2) is 7.32. The molecule has 0 spiro atoms. The highest BCUT2D eigenvalue weighted by Crippen LogP contribution is 2.33. The number of hydrogen-bond acceptors (Lipinski definition) is 5. The molecule has 7 heteroatoms. The van der Waals surface area contributed by atoms with Crippen LogP contribution in [0.2, 0.25) is 5.02 Å². The summed E-state index contributed by atoms with van der Waals surface area (Å²) in [5.41, 5.74) is 3.28. The maximum atomic E-state index is 11.7. The predicted molar refractivity (Wildman–Crippen MR) is 102 cm³/mol. The molecule has 0 radical (unpaired) electrons. The topological polar surface area (TPSA) is 69.4 Å². The molecule has 3 heterocycles. The number of esters is 1. The number of halogens is 1. The second-order valence-electron chi connectivity index (χ2n) is 6.14. The Morgan fingerprint density at radius 1 is 1.22 bits per heavy atom. The summed E-state index contributed by atoms with van der Waals surface area (Å²) in [4.78, 5) is 25.6. The maximum Gasteiger partial charge on any atom is 0.305 e.